The molecule has 2 rings (SSSR count). The number of carbonyl (C=O) groups is 3. The van der Waals surface area contributed by atoms with Crippen molar-refractivity contribution in [3.63, 3.8) is 0 Å². The van der Waals surface area contributed by atoms with Crippen molar-refractivity contribution in [3.8, 4) is 0 Å². The van der Waals surface area contributed by atoms with Gasteiger partial charge in [0.25, 0.3) is 0 Å². The Morgan fingerprint density at radius 3 is 2.74 bits per heavy atom. The predicted molar refractivity (Wildman–Crippen MR) is 86.1 cm³/mol. The second-order valence-electron chi connectivity index (χ2n) is 5.27. The third-order valence-corrected chi connectivity index (χ3v) is 4.31. The molecule has 7 nitrogen and oxygen atoms in total. The van der Waals surface area contributed by atoms with Crippen LogP contribution in [0.25, 0.3) is 0 Å². The van der Waals surface area contributed by atoms with Gasteiger partial charge in [-0.2, -0.15) is 0 Å². The van der Waals surface area contributed by atoms with Gasteiger partial charge in [0, 0.05) is 13.0 Å². The van der Waals surface area contributed by atoms with Gasteiger partial charge in [0.2, 0.25) is 0 Å². The summed E-state index contributed by atoms with van der Waals surface area (Å²) in [5.41, 5.74) is 1.38. The van der Waals surface area contributed by atoms with Gasteiger partial charge in [-0.3, -0.25) is 10.1 Å². The summed E-state index contributed by atoms with van der Waals surface area (Å²) in [5, 5.41) is 16.2. The quantitative estimate of drug-likeness (QED) is 0.498. The normalized spacial score (nSPS) is 13.4. The predicted octanol–water partition coefficient (Wildman–Crippen LogP) is 2.79. The highest BCUT2D eigenvalue weighted by molar-refractivity contribution is 7.15. The molecule has 23 heavy (non-hydrogen) atoms. The molecule has 1 heterocycles. The first-order valence-corrected chi connectivity index (χ1v) is 8.46. The van der Waals surface area contributed by atoms with E-state index in [1.807, 2.05) is 5.38 Å². The molecule has 1 aromatic heterocycles. The molecule has 0 aromatic carbocycles. The van der Waals surface area contributed by atoms with Gasteiger partial charge in [0.05, 0.1) is 12.2 Å². The largest absolute Gasteiger partial charge is 0.481 e. The minimum absolute atomic E-state index is 0.000807. The van der Waals surface area contributed by atoms with Gasteiger partial charge in [-0.25, -0.2) is 9.59 Å². The Morgan fingerprint density at radius 1 is 1.39 bits per heavy atom. The van der Waals surface area contributed by atoms with E-state index in [0.717, 1.165) is 18.4 Å². The van der Waals surface area contributed by atoms with Crippen LogP contribution in [0.5, 0.6) is 0 Å². The number of rotatable bonds is 8. The van der Waals surface area contributed by atoms with Crippen LogP contribution in [0.15, 0.2) is 5.38 Å². The molecule has 3 N–H and O–H groups in total. The van der Waals surface area contributed by atoms with Crippen molar-refractivity contribution in [1.82, 2.24) is 5.32 Å². The number of esters is 1. The van der Waals surface area contributed by atoms with E-state index in [0.29, 0.717) is 22.9 Å². The van der Waals surface area contributed by atoms with Gasteiger partial charge in [0.15, 0.2) is 0 Å². The average molecular weight is 340 g/mol. The SMILES string of the molecule is CCOC(=O)c1c(C2CC2)csc1NC(=O)NCCCC(=O)O. The fraction of sp³-hybridized carbons (Fsp3) is 0.533. The van der Waals surface area contributed by atoms with Crippen molar-refractivity contribution in [3.05, 3.63) is 16.5 Å². The third kappa shape index (κ3) is 4.95. The zero-order valence-corrected chi connectivity index (χ0v) is 13.7. The van der Waals surface area contributed by atoms with Crippen LogP contribution in [-0.4, -0.2) is 36.2 Å². The van der Waals surface area contributed by atoms with Crippen molar-refractivity contribution >= 4 is 34.3 Å². The van der Waals surface area contributed by atoms with E-state index >= 15 is 0 Å². The van der Waals surface area contributed by atoms with Crippen LogP contribution in [0.1, 0.15) is 54.4 Å². The molecule has 0 aliphatic heterocycles. The van der Waals surface area contributed by atoms with E-state index in [4.69, 9.17) is 9.84 Å². The number of carboxylic acid groups (broad SMARTS) is 1. The van der Waals surface area contributed by atoms with Gasteiger partial charge < -0.3 is 15.2 Å². The zero-order valence-electron chi connectivity index (χ0n) is 12.9. The van der Waals surface area contributed by atoms with Crippen molar-refractivity contribution in [1.29, 1.82) is 0 Å². The lowest BCUT2D eigenvalue weighted by Gasteiger charge is -2.09. The number of amides is 2. The summed E-state index contributed by atoms with van der Waals surface area (Å²) in [5.74, 6) is -0.944. The second-order valence-corrected chi connectivity index (χ2v) is 6.15. The van der Waals surface area contributed by atoms with Crippen molar-refractivity contribution in [2.24, 2.45) is 0 Å². The zero-order chi connectivity index (χ0) is 16.8. The number of carboxylic acids is 1. The minimum atomic E-state index is -0.899. The first-order valence-electron chi connectivity index (χ1n) is 7.58. The molecule has 0 radical (unpaired) electrons. The topological polar surface area (TPSA) is 105 Å². The molecule has 1 fully saturated rings. The molecule has 0 atom stereocenters. The van der Waals surface area contributed by atoms with Crippen LogP contribution in [0.3, 0.4) is 0 Å². The van der Waals surface area contributed by atoms with Crippen molar-refractivity contribution < 1.29 is 24.2 Å². The molecule has 8 heteroatoms. The summed E-state index contributed by atoms with van der Waals surface area (Å²) in [6.07, 6.45) is 2.44. The highest BCUT2D eigenvalue weighted by Gasteiger charge is 2.32. The van der Waals surface area contributed by atoms with E-state index < -0.39 is 18.0 Å². The summed E-state index contributed by atoms with van der Waals surface area (Å²) in [7, 11) is 0. The summed E-state index contributed by atoms with van der Waals surface area (Å²) >= 11 is 1.30. The van der Waals surface area contributed by atoms with Gasteiger partial charge in [-0.1, -0.05) is 0 Å². The Balaban J connectivity index is 1.97. The molecule has 0 unspecified atom stereocenters. The molecule has 2 amide bonds. The van der Waals surface area contributed by atoms with Crippen LogP contribution in [-0.2, 0) is 9.53 Å². The molecule has 1 saturated carbocycles. The molecule has 1 aliphatic rings. The van der Waals surface area contributed by atoms with Gasteiger partial charge in [-0.15, -0.1) is 11.3 Å². The Labute approximate surface area is 138 Å². The lowest BCUT2D eigenvalue weighted by atomic mass is 10.1. The number of hydrogen-bond acceptors (Lipinski definition) is 5. The highest BCUT2D eigenvalue weighted by atomic mass is 32.1. The standard InChI is InChI=1S/C15H20N2O5S/c1-2-22-14(20)12-10(9-5-6-9)8-23-13(12)17-15(21)16-7-3-4-11(18)19/h8-9H,2-7H2,1H3,(H,18,19)(H2,16,17,21). The molecule has 0 saturated heterocycles. The fourth-order valence-electron chi connectivity index (χ4n) is 2.16. The van der Waals surface area contributed by atoms with E-state index in [1.165, 1.54) is 11.3 Å². The molecule has 0 spiro atoms. The number of hydrogen-bond donors (Lipinski definition) is 3. The monoisotopic (exact) mass is 340 g/mol. The second kappa shape index (κ2) is 7.96. The Bertz CT molecular complexity index is 595. The number of anilines is 1. The van der Waals surface area contributed by atoms with E-state index in [-0.39, 0.29) is 19.6 Å². The highest BCUT2D eigenvalue weighted by Crippen LogP contribution is 2.46. The van der Waals surface area contributed by atoms with Crippen molar-refractivity contribution in [2.45, 2.75) is 38.5 Å². The number of ether oxygens (including phenoxy) is 1. The Hall–Kier alpha value is -2.09. The summed E-state index contributed by atoms with van der Waals surface area (Å²) in [6.45, 7) is 2.27. The fourth-order valence-corrected chi connectivity index (χ4v) is 3.19. The van der Waals surface area contributed by atoms with Crippen LogP contribution in [0.4, 0.5) is 9.80 Å². The summed E-state index contributed by atoms with van der Waals surface area (Å²) in [4.78, 5) is 34.4. The van der Waals surface area contributed by atoms with Crippen LogP contribution >= 0.6 is 11.3 Å². The van der Waals surface area contributed by atoms with Crippen molar-refractivity contribution in [2.75, 3.05) is 18.5 Å². The van der Waals surface area contributed by atoms with Gasteiger partial charge in [-0.05, 0) is 43.0 Å². The first-order chi connectivity index (χ1) is 11.0. The van der Waals surface area contributed by atoms with E-state index in [1.54, 1.807) is 6.92 Å². The maximum absolute atomic E-state index is 12.1. The van der Waals surface area contributed by atoms with Gasteiger partial charge in [0.1, 0.15) is 5.00 Å². The van der Waals surface area contributed by atoms with Crippen LogP contribution < -0.4 is 10.6 Å². The molecule has 0 bridgehead atoms. The third-order valence-electron chi connectivity index (χ3n) is 3.40. The molecule has 126 valence electrons. The Morgan fingerprint density at radius 2 is 2.13 bits per heavy atom. The van der Waals surface area contributed by atoms with Crippen LogP contribution in [0.2, 0.25) is 0 Å². The number of thiophene rings is 1. The molecular weight excluding hydrogens is 320 g/mol. The maximum atomic E-state index is 12.1. The maximum Gasteiger partial charge on any atom is 0.341 e. The lowest BCUT2D eigenvalue weighted by molar-refractivity contribution is -0.137. The van der Waals surface area contributed by atoms with E-state index in [9.17, 15) is 14.4 Å². The number of carbonyl (C=O) groups excluding carboxylic acids is 2. The van der Waals surface area contributed by atoms with Crippen LogP contribution in [0, 0.1) is 0 Å². The summed E-state index contributed by atoms with van der Waals surface area (Å²) < 4.78 is 5.08. The molecule has 1 aromatic rings. The first kappa shape index (κ1) is 17.3. The number of urea groups is 1. The molecule has 1 aliphatic carbocycles. The minimum Gasteiger partial charge on any atom is -0.481 e. The van der Waals surface area contributed by atoms with E-state index in [2.05, 4.69) is 10.6 Å². The van der Waals surface area contributed by atoms with Gasteiger partial charge >= 0.3 is 18.0 Å². The number of aliphatic carboxylic acids is 1. The lowest BCUT2D eigenvalue weighted by Crippen LogP contribution is -2.30. The molecular formula is C15H20N2O5S. The number of nitrogens with one attached hydrogen (secondary N) is 2. The average Bonchev–Trinajstić information content (AvgIpc) is 3.25. The Kier molecular flexibility index (Phi) is 5.97. The summed E-state index contributed by atoms with van der Waals surface area (Å²) in [6, 6.07) is -0.454. The smallest absolute Gasteiger partial charge is 0.341 e.